The van der Waals surface area contributed by atoms with Crippen molar-refractivity contribution >= 4 is 68.5 Å². The maximum absolute atomic E-state index is 13.5. The Labute approximate surface area is 239 Å². The third kappa shape index (κ3) is 6.35. The summed E-state index contributed by atoms with van der Waals surface area (Å²) >= 11 is 15.0. The first kappa shape index (κ1) is 27.6. The number of rotatable bonds is 9. The topological polar surface area (TPSA) is 68.3 Å². The standard InChI is InChI=1S/C28H24BrClN2O5S/c1-3-36-25-15-19(6-13-24(25)37-17-18-4-7-20(29)8-5-18)14-23-27(34)32(22-11-9-21(30)10-12-22)28(38)31(23)16-26(33)35-2/h4-15H,3,16-17H2,1-2H3/b23-14-. The number of thiocarbonyl (C=S) groups is 1. The van der Waals surface area contributed by atoms with Gasteiger partial charge in [0.2, 0.25) is 0 Å². The number of methoxy groups -OCH3 is 1. The third-order valence-electron chi connectivity index (χ3n) is 5.61. The zero-order valence-corrected chi connectivity index (χ0v) is 23.8. The van der Waals surface area contributed by atoms with E-state index in [1.807, 2.05) is 37.3 Å². The summed E-state index contributed by atoms with van der Waals surface area (Å²) in [5.41, 5.74) is 2.44. The highest BCUT2D eigenvalue weighted by atomic mass is 79.9. The molecule has 0 spiro atoms. The van der Waals surface area contributed by atoms with Crippen LogP contribution in [0.5, 0.6) is 11.5 Å². The van der Waals surface area contributed by atoms with Crippen molar-refractivity contribution < 1.29 is 23.8 Å². The predicted molar refractivity (Wildman–Crippen MR) is 154 cm³/mol. The molecule has 0 aromatic heterocycles. The fraction of sp³-hybridized carbons (Fsp3) is 0.179. The number of carbonyl (C=O) groups excluding carboxylic acids is 2. The van der Waals surface area contributed by atoms with Crippen molar-refractivity contribution in [1.29, 1.82) is 0 Å². The molecule has 0 bridgehead atoms. The van der Waals surface area contributed by atoms with Gasteiger partial charge in [0.1, 0.15) is 18.8 Å². The van der Waals surface area contributed by atoms with E-state index in [1.54, 1.807) is 42.5 Å². The lowest BCUT2D eigenvalue weighted by Gasteiger charge is -2.19. The Kier molecular flexibility index (Phi) is 9.04. The molecule has 0 atom stereocenters. The van der Waals surface area contributed by atoms with Crippen LogP contribution in [0.1, 0.15) is 18.1 Å². The van der Waals surface area contributed by atoms with E-state index >= 15 is 0 Å². The molecule has 1 saturated heterocycles. The first-order valence-electron chi connectivity index (χ1n) is 11.6. The maximum Gasteiger partial charge on any atom is 0.325 e. The van der Waals surface area contributed by atoms with Crippen LogP contribution in [-0.4, -0.2) is 42.2 Å². The van der Waals surface area contributed by atoms with Crippen molar-refractivity contribution in [1.82, 2.24) is 4.90 Å². The van der Waals surface area contributed by atoms with Crippen LogP contribution >= 0.6 is 39.7 Å². The minimum Gasteiger partial charge on any atom is -0.490 e. The Morgan fingerprint density at radius 3 is 2.39 bits per heavy atom. The molecule has 1 aliphatic rings. The molecule has 3 aromatic carbocycles. The highest BCUT2D eigenvalue weighted by Crippen LogP contribution is 2.33. The Morgan fingerprint density at radius 2 is 1.74 bits per heavy atom. The van der Waals surface area contributed by atoms with Crippen LogP contribution < -0.4 is 14.4 Å². The molecule has 38 heavy (non-hydrogen) atoms. The molecule has 1 aliphatic heterocycles. The van der Waals surface area contributed by atoms with E-state index in [1.165, 1.54) is 16.9 Å². The lowest BCUT2D eigenvalue weighted by atomic mass is 10.1. The lowest BCUT2D eigenvalue weighted by Crippen LogP contribution is -2.35. The molecule has 196 valence electrons. The average Bonchev–Trinajstić information content (AvgIpc) is 3.13. The van der Waals surface area contributed by atoms with Gasteiger partial charge < -0.3 is 19.1 Å². The minimum absolute atomic E-state index is 0.161. The molecule has 1 fully saturated rings. The van der Waals surface area contributed by atoms with Crippen molar-refractivity contribution in [3.63, 3.8) is 0 Å². The summed E-state index contributed by atoms with van der Waals surface area (Å²) < 4.78 is 17.7. The lowest BCUT2D eigenvalue weighted by molar-refractivity contribution is -0.140. The molecule has 1 heterocycles. The number of carbonyl (C=O) groups is 2. The molecule has 0 aliphatic carbocycles. The zero-order chi connectivity index (χ0) is 27.2. The van der Waals surface area contributed by atoms with Crippen molar-refractivity contribution in [2.75, 3.05) is 25.2 Å². The Balaban J connectivity index is 1.65. The smallest absolute Gasteiger partial charge is 0.325 e. The second kappa shape index (κ2) is 12.4. The molecule has 3 aromatic rings. The summed E-state index contributed by atoms with van der Waals surface area (Å²) in [6.45, 7) is 2.45. The largest absolute Gasteiger partial charge is 0.490 e. The number of amides is 1. The van der Waals surface area contributed by atoms with Crippen molar-refractivity contribution in [2.24, 2.45) is 0 Å². The van der Waals surface area contributed by atoms with Gasteiger partial charge >= 0.3 is 5.97 Å². The van der Waals surface area contributed by atoms with Gasteiger partial charge in [0, 0.05) is 9.50 Å². The van der Waals surface area contributed by atoms with Crippen LogP contribution in [0.25, 0.3) is 6.08 Å². The summed E-state index contributed by atoms with van der Waals surface area (Å²) in [4.78, 5) is 28.5. The molecular formula is C28H24BrClN2O5S. The molecule has 0 saturated carbocycles. The molecule has 0 N–H and O–H groups in total. The van der Waals surface area contributed by atoms with Crippen LogP contribution in [0.4, 0.5) is 5.69 Å². The number of ether oxygens (including phenoxy) is 3. The normalized spacial score (nSPS) is 14.3. The van der Waals surface area contributed by atoms with E-state index in [9.17, 15) is 9.59 Å². The molecular weight excluding hydrogens is 592 g/mol. The first-order valence-corrected chi connectivity index (χ1v) is 13.2. The van der Waals surface area contributed by atoms with Gasteiger partial charge in [-0.3, -0.25) is 14.5 Å². The number of hydrogen-bond acceptors (Lipinski definition) is 6. The van der Waals surface area contributed by atoms with E-state index in [-0.39, 0.29) is 23.3 Å². The third-order valence-corrected chi connectivity index (χ3v) is 6.80. The van der Waals surface area contributed by atoms with Gasteiger partial charge in [-0.1, -0.05) is 45.7 Å². The number of halogens is 2. The minimum atomic E-state index is -0.532. The van der Waals surface area contributed by atoms with E-state index in [0.717, 1.165) is 10.0 Å². The highest BCUT2D eigenvalue weighted by molar-refractivity contribution is 9.10. The Morgan fingerprint density at radius 1 is 1.03 bits per heavy atom. The van der Waals surface area contributed by atoms with Gasteiger partial charge in [0.15, 0.2) is 16.6 Å². The van der Waals surface area contributed by atoms with Crippen LogP contribution in [0.15, 0.2) is 76.9 Å². The van der Waals surface area contributed by atoms with Crippen LogP contribution in [0.2, 0.25) is 5.02 Å². The molecule has 1 amide bonds. The van der Waals surface area contributed by atoms with Gasteiger partial charge in [0.25, 0.3) is 5.91 Å². The molecule has 10 heteroatoms. The van der Waals surface area contributed by atoms with E-state index in [4.69, 9.17) is 38.0 Å². The monoisotopic (exact) mass is 614 g/mol. The molecule has 0 unspecified atom stereocenters. The predicted octanol–water partition coefficient (Wildman–Crippen LogP) is 6.23. The van der Waals surface area contributed by atoms with E-state index < -0.39 is 5.97 Å². The number of benzene rings is 3. The van der Waals surface area contributed by atoms with Crippen LogP contribution in [0, 0.1) is 0 Å². The van der Waals surface area contributed by atoms with Gasteiger partial charge in [0.05, 0.1) is 19.4 Å². The second-order valence-corrected chi connectivity index (χ2v) is 9.86. The number of hydrogen-bond donors (Lipinski definition) is 0. The summed E-state index contributed by atoms with van der Waals surface area (Å²) in [5.74, 6) is 0.186. The van der Waals surface area contributed by atoms with Crippen molar-refractivity contribution in [2.45, 2.75) is 13.5 Å². The fourth-order valence-electron chi connectivity index (χ4n) is 3.75. The highest BCUT2D eigenvalue weighted by Gasteiger charge is 2.40. The summed E-state index contributed by atoms with van der Waals surface area (Å²) in [6.07, 6.45) is 1.66. The van der Waals surface area contributed by atoms with Gasteiger partial charge in [-0.2, -0.15) is 0 Å². The summed E-state index contributed by atoms with van der Waals surface area (Å²) in [6, 6.07) is 19.9. The van der Waals surface area contributed by atoms with Gasteiger partial charge in [-0.05, 0) is 84.9 Å². The summed E-state index contributed by atoms with van der Waals surface area (Å²) in [5, 5.41) is 0.688. The van der Waals surface area contributed by atoms with E-state index in [2.05, 4.69) is 15.9 Å². The average molecular weight is 616 g/mol. The van der Waals surface area contributed by atoms with E-state index in [0.29, 0.717) is 41.0 Å². The first-order chi connectivity index (χ1) is 18.3. The number of esters is 1. The molecule has 4 rings (SSSR count). The van der Waals surface area contributed by atoms with Crippen molar-refractivity contribution in [3.8, 4) is 11.5 Å². The fourth-order valence-corrected chi connectivity index (χ4v) is 4.49. The van der Waals surface area contributed by atoms with Crippen LogP contribution in [-0.2, 0) is 20.9 Å². The van der Waals surface area contributed by atoms with Crippen molar-refractivity contribution in [3.05, 3.63) is 93.0 Å². The maximum atomic E-state index is 13.5. The molecule has 0 radical (unpaired) electrons. The molecule has 7 nitrogen and oxygen atoms in total. The SMILES string of the molecule is CCOc1cc(/C=C2/C(=O)N(c3ccc(Cl)cc3)C(=S)N2CC(=O)OC)ccc1OCc1ccc(Br)cc1. The zero-order valence-electron chi connectivity index (χ0n) is 20.6. The Bertz CT molecular complexity index is 1380. The number of nitrogens with zero attached hydrogens (tertiary/aromatic N) is 2. The quantitative estimate of drug-likeness (QED) is 0.161. The van der Waals surface area contributed by atoms with Gasteiger partial charge in [-0.15, -0.1) is 0 Å². The second-order valence-electron chi connectivity index (χ2n) is 8.15. The van der Waals surface area contributed by atoms with Gasteiger partial charge in [-0.25, -0.2) is 0 Å². The Hall–Kier alpha value is -3.40. The van der Waals surface area contributed by atoms with Crippen LogP contribution in [0.3, 0.4) is 0 Å². The summed E-state index contributed by atoms with van der Waals surface area (Å²) in [7, 11) is 1.28. The number of anilines is 1.